The topological polar surface area (TPSA) is 87.2 Å². The molecule has 7 heteroatoms. The van der Waals surface area contributed by atoms with Crippen molar-refractivity contribution in [1.82, 2.24) is 9.80 Å². The quantitative estimate of drug-likeness (QED) is 0.860. The van der Waals surface area contributed by atoms with Crippen molar-refractivity contribution in [3.05, 3.63) is 35.4 Å². The highest BCUT2D eigenvalue weighted by atomic mass is 16.6. The van der Waals surface area contributed by atoms with Gasteiger partial charge in [-0.1, -0.05) is 24.3 Å². The number of rotatable bonds is 2. The number of hydrogen-bond acceptors (Lipinski definition) is 4. The first-order valence-corrected chi connectivity index (χ1v) is 9.30. The van der Waals surface area contributed by atoms with E-state index in [-0.39, 0.29) is 5.91 Å². The van der Waals surface area contributed by atoms with Crippen molar-refractivity contribution >= 4 is 18.0 Å². The van der Waals surface area contributed by atoms with E-state index in [4.69, 9.17) is 4.74 Å². The molecule has 146 valence electrons. The largest absolute Gasteiger partial charge is 0.480 e. The van der Waals surface area contributed by atoms with Gasteiger partial charge >= 0.3 is 12.1 Å². The summed E-state index contributed by atoms with van der Waals surface area (Å²) in [4.78, 5) is 40.5. The van der Waals surface area contributed by atoms with Crippen molar-refractivity contribution in [2.45, 2.75) is 57.7 Å². The molecule has 0 bridgehead atoms. The van der Waals surface area contributed by atoms with Crippen LogP contribution in [-0.4, -0.2) is 57.6 Å². The van der Waals surface area contributed by atoms with E-state index in [2.05, 4.69) is 0 Å². The lowest BCUT2D eigenvalue weighted by Crippen LogP contribution is -2.51. The number of likely N-dealkylation sites (tertiary alicyclic amines) is 1. The van der Waals surface area contributed by atoms with Crippen molar-refractivity contribution in [2.24, 2.45) is 0 Å². The molecule has 2 aliphatic heterocycles. The lowest BCUT2D eigenvalue weighted by Gasteiger charge is -2.39. The Bertz CT molecular complexity index is 755. The molecule has 1 aromatic carbocycles. The Kier molecular flexibility index (Phi) is 5.13. The monoisotopic (exact) mass is 374 g/mol. The van der Waals surface area contributed by atoms with Gasteiger partial charge in [-0.3, -0.25) is 9.69 Å². The second-order valence-corrected chi connectivity index (χ2v) is 8.05. The molecule has 2 amide bonds. The minimum absolute atomic E-state index is 0.349. The first-order chi connectivity index (χ1) is 12.7. The summed E-state index contributed by atoms with van der Waals surface area (Å²) in [6, 6.07) is 5.81. The third-order valence-corrected chi connectivity index (χ3v) is 4.97. The van der Waals surface area contributed by atoms with Crippen LogP contribution in [0.2, 0.25) is 0 Å². The Hall–Kier alpha value is -2.57. The van der Waals surface area contributed by atoms with Gasteiger partial charge in [-0.2, -0.15) is 0 Å². The number of nitrogens with zero attached hydrogens (tertiary/aromatic N) is 2. The average molecular weight is 374 g/mol. The summed E-state index contributed by atoms with van der Waals surface area (Å²) in [6.07, 6.45) is 1.15. The first-order valence-electron chi connectivity index (χ1n) is 9.30. The molecule has 1 unspecified atom stereocenters. The Morgan fingerprint density at radius 1 is 1.11 bits per heavy atom. The number of fused-ring (bicyclic) bond motifs is 1. The lowest BCUT2D eigenvalue weighted by molar-refractivity contribution is -0.150. The van der Waals surface area contributed by atoms with E-state index < -0.39 is 29.7 Å². The lowest BCUT2D eigenvalue weighted by atomic mass is 9.92. The molecule has 1 aromatic rings. The van der Waals surface area contributed by atoms with Crippen LogP contribution in [0.5, 0.6) is 0 Å². The number of benzene rings is 1. The van der Waals surface area contributed by atoms with Crippen LogP contribution in [0.15, 0.2) is 24.3 Å². The molecule has 0 radical (unpaired) electrons. The molecule has 0 aromatic heterocycles. The van der Waals surface area contributed by atoms with Crippen molar-refractivity contribution in [3.8, 4) is 0 Å². The highest BCUT2D eigenvalue weighted by molar-refractivity contribution is 5.91. The van der Waals surface area contributed by atoms with Crippen molar-refractivity contribution in [1.29, 1.82) is 0 Å². The highest BCUT2D eigenvalue weighted by Crippen LogP contribution is 2.34. The molecule has 7 nitrogen and oxygen atoms in total. The Morgan fingerprint density at radius 2 is 1.81 bits per heavy atom. The number of aliphatic carboxylic acids is 1. The van der Waals surface area contributed by atoms with Crippen molar-refractivity contribution in [2.75, 3.05) is 13.1 Å². The summed E-state index contributed by atoms with van der Waals surface area (Å²) in [5.74, 6) is -1.35. The molecular weight excluding hydrogens is 348 g/mol. The van der Waals surface area contributed by atoms with E-state index >= 15 is 0 Å². The van der Waals surface area contributed by atoms with Crippen LogP contribution in [0.25, 0.3) is 0 Å². The molecule has 0 aliphatic carbocycles. The number of amides is 2. The van der Waals surface area contributed by atoms with Gasteiger partial charge in [0.05, 0.1) is 0 Å². The summed E-state index contributed by atoms with van der Waals surface area (Å²) in [6.45, 7) is 6.08. The van der Waals surface area contributed by atoms with Crippen LogP contribution >= 0.6 is 0 Å². The zero-order chi connectivity index (χ0) is 19.8. The zero-order valence-corrected chi connectivity index (χ0v) is 16.0. The maximum absolute atomic E-state index is 13.4. The van der Waals surface area contributed by atoms with Crippen LogP contribution in [-0.2, 0) is 20.7 Å². The maximum Gasteiger partial charge on any atom is 0.411 e. The van der Waals surface area contributed by atoms with Crippen LogP contribution < -0.4 is 0 Å². The number of carbonyl (C=O) groups is 3. The first kappa shape index (κ1) is 19.2. The summed E-state index contributed by atoms with van der Waals surface area (Å²) in [7, 11) is 0. The minimum atomic E-state index is -1.01. The average Bonchev–Trinajstić information content (AvgIpc) is 3.08. The van der Waals surface area contributed by atoms with E-state index in [1.54, 1.807) is 20.8 Å². The van der Waals surface area contributed by atoms with Crippen molar-refractivity contribution < 1.29 is 24.2 Å². The summed E-state index contributed by atoms with van der Waals surface area (Å²) in [5.41, 5.74) is 1.07. The van der Waals surface area contributed by atoms with E-state index in [1.165, 1.54) is 9.80 Å². The third-order valence-electron chi connectivity index (χ3n) is 4.97. The van der Waals surface area contributed by atoms with Gasteiger partial charge in [-0.15, -0.1) is 0 Å². The second-order valence-electron chi connectivity index (χ2n) is 8.05. The van der Waals surface area contributed by atoms with E-state index in [9.17, 15) is 19.5 Å². The van der Waals surface area contributed by atoms with E-state index in [0.717, 1.165) is 11.1 Å². The predicted octanol–water partition coefficient (Wildman–Crippen LogP) is 2.60. The number of carboxylic acid groups (broad SMARTS) is 1. The third kappa shape index (κ3) is 3.91. The molecule has 2 heterocycles. The van der Waals surface area contributed by atoms with Gasteiger partial charge < -0.3 is 14.7 Å². The van der Waals surface area contributed by atoms with Gasteiger partial charge in [-0.05, 0) is 51.2 Å². The van der Waals surface area contributed by atoms with Gasteiger partial charge in [-0.25, -0.2) is 9.59 Å². The fraction of sp³-hybridized carbons (Fsp3) is 0.550. The van der Waals surface area contributed by atoms with Gasteiger partial charge in [0, 0.05) is 13.1 Å². The van der Waals surface area contributed by atoms with Crippen LogP contribution in [0.1, 0.15) is 50.8 Å². The van der Waals surface area contributed by atoms with Gasteiger partial charge in [0.15, 0.2) is 0 Å². The highest BCUT2D eigenvalue weighted by Gasteiger charge is 2.44. The molecule has 1 fully saturated rings. The molecule has 27 heavy (non-hydrogen) atoms. The molecule has 0 saturated carbocycles. The Labute approximate surface area is 158 Å². The van der Waals surface area contributed by atoms with Crippen LogP contribution in [0.3, 0.4) is 0 Å². The molecule has 2 atom stereocenters. The van der Waals surface area contributed by atoms with Crippen molar-refractivity contribution in [3.63, 3.8) is 0 Å². The molecule has 2 aliphatic rings. The summed E-state index contributed by atoms with van der Waals surface area (Å²) >= 11 is 0. The number of carbonyl (C=O) groups excluding carboxylic acids is 2. The van der Waals surface area contributed by atoms with E-state index in [1.807, 2.05) is 24.3 Å². The standard InChI is InChI=1S/C20H26N2O5/c1-20(2,3)27-19(26)22-12-10-13-7-4-5-8-14(13)16(22)17(23)21-11-6-9-15(21)18(24)25/h4-5,7-8,15-16H,6,9-12H2,1-3H3,(H,24,25)/t15-,16?/m0/s1. The predicted molar refractivity (Wildman–Crippen MR) is 98.2 cm³/mol. The normalized spacial score (nSPS) is 22.3. The molecule has 1 N–H and O–H groups in total. The number of ether oxygens (including phenoxy) is 1. The van der Waals surface area contributed by atoms with Crippen LogP contribution in [0, 0.1) is 0 Å². The summed E-state index contributed by atoms with van der Waals surface area (Å²) in [5, 5.41) is 9.45. The Balaban J connectivity index is 1.96. The molecule has 1 saturated heterocycles. The van der Waals surface area contributed by atoms with Gasteiger partial charge in [0.1, 0.15) is 17.7 Å². The summed E-state index contributed by atoms with van der Waals surface area (Å²) < 4.78 is 5.51. The number of carboxylic acids is 1. The van der Waals surface area contributed by atoms with E-state index in [0.29, 0.717) is 32.4 Å². The van der Waals surface area contributed by atoms with Crippen LogP contribution in [0.4, 0.5) is 4.79 Å². The van der Waals surface area contributed by atoms with Gasteiger partial charge in [0.25, 0.3) is 5.91 Å². The smallest absolute Gasteiger partial charge is 0.411 e. The molecular formula is C20H26N2O5. The fourth-order valence-corrected chi connectivity index (χ4v) is 3.79. The fourth-order valence-electron chi connectivity index (χ4n) is 3.79. The SMILES string of the molecule is CC(C)(C)OC(=O)N1CCc2ccccc2C1C(=O)N1CCC[C@H]1C(=O)O. The molecule has 3 rings (SSSR count). The Morgan fingerprint density at radius 3 is 2.48 bits per heavy atom. The minimum Gasteiger partial charge on any atom is -0.480 e. The number of hydrogen-bond donors (Lipinski definition) is 1. The molecule has 0 spiro atoms. The second kappa shape index (κ2) is 7.21. The van der Waals surface area contributed by atoms with Gasteiger partial charge in [0.2, 0.25) is 0 Å². The maximum atomic E-state index is 13.4. The zero-order valence-electron chi connectivity index (χ0n) is 16.0.